The Morgan fingerprint density at radius 2 is 2.55 bits per heavy atom. The van der Waals surface area contributed by atoms with Gasteiger partial charge >= 0.3 is 0 Å². The molecule has 0 amide bonds. The van der Waals surface area contributed by atoms with Crippen LogP contribution in [0.4, 0.5) is 0 Å². The minimum absolute atomic E-state index is 0.446. The molecule has 0 bridgehead atoms. The first kappa shape index (κ1) is 8.75. The van der Waals surface area contributed by atoms with E-state index in [2.05, 4.69) is 6.08 Å². The molecule has 0 heterocycles. The first-order valence-electron chi connectivity index (χ1n) is 4.27. The Bertz CT molecular complexity index is 142. The van der Waals surface area contributed by atoms with Crippen LogP contribution in [0.5, 0.6) is 0 Å². The SMILES string of the molecule is COC1CCCC(=CCN)C1. The molecule has 0 aromatic heterocycles. The van der Waals surface area contributed by atoms with Crippen molar-refractivity contribution < 1.29 is 4.74 Å². The van der Waals surface area contributed by atoms with Crippen molar-refractivity contribution >= 4 is 0 Å². The molecule has 2 heteroatoms. The van der Waals surface area contributed by atoms with Crippen molar-refractivity contribution in [1.29, 1.82) is 0 Å². The molecule has 11 heavy (non-hydrogen) atoms. The van der Waals surface area contributed by atoms with E-state index >= 15 is 0 Å². The molecule has 1 unspecified atom stereocenters. The zero-order chi connectivity index (χ0) is 8.10. The maximum Gasteiger partial charge on any atom is 0.0608 e. The Morgan fingerprint density at radius 1 is 1.73 bits per heavy atom. The van der Waals surface area contributed by atoms with Gasteiger partial charge in [-0.25, -0.2) is 0 Å². The monoisotopic (exact) mass is 155 g/mol. The van der Waals surface area contributed by atoms with E-state index in [0.29, 0.717) is 12.6 Å². The smallest absolute Gasteiger partial charge is 0.0608 e. The molecule has 2 nitrogen and oxygen atoms in total. The molecule has 1 aliphatic rings. The van der Waals surface area contributed by atoms with E-state index in [0.717, 1.165) is 6.42 Å². The van der Waals surface area contributed by atoms with Crippen LogP contribution >= 0.6 is 0 Å². The van der Waals surface area contributed by atoms with E-state index in [9.17, 15) is 0 Å². The van der Waals surface area contributed by atoms with Crippen molar-refractivity contribution in [3.63, 3.8) is 0 Å². The lowest BCUT2D eigenvalue weighted by Crippen LogP contribution is -2.16. The lowest BCUT2D eigenvalue weighted by atomic mass is 9.92. The standard InChI is InChI=1S/C9H17NO/c1-11-9-4-2-3-8(7-9)5-6-10/h5,9H,2-4,6-7,10H2,1H3. The predicted octanol–water partition coefficient (Wildman–Crippen LogP) is 1.46. The van der Waals surface area contributed by atoms with E-state index in [1.807, 2.05) is 0 Å². The van der Waals surface area contributed by atoms with Crippen molar-refractivity contribution in [1.82, 2.24) is 0 Å². The third kappa shape index (κ3) is 2.64. The van der Waals surface area contributed by atoms with Crippen LogP contribution < -0.4 is 5.73 Å². The zero-order valence-corrected chi connectivity index (χ0v) is 7.18. The second-order valence-electron chi connectivity index (χ2n) is 3.05. The summed E-state index contributed by atoms with van der Waals surface area (Å²) in [4.78, 5) is 0. The number of hydrogen-bond acceptors (Lipinski definition) is 2. The Kier molecular flexibility index (Phi) is 3.60. The Hall–Kier alpha value is -0.340. The summed E-state index contributed by atoms with van der Waals surface area (Å²) in [7, 11) is 1.79. The highest BCUT2D eigenvalue weighted by Gasteiger charge is 2.15. The van der Waals surface area contributed by atoms with E-state index in [4.69, 9.17) is 10.5 Å². The zero-order valence-electron chi connectivity index (χ0n) is 7.18. The molecule has 0 radical (unpaired) electrons. The molecule has 1 fully saturated rings. The molecule has 1 aliphatic carbocycles. The number of hydrogen-bond donors (Lipinski definition) is 1. The van der Waals surface area contributed by atoms with Gasteiger partial charge in [-0.15, -0.1) is 0 Å². The fourth-order valence-corrected chi connectivity index (χ4v) is 1.61. The van der Waals surface area contributed by atoms with Crippen molar-refractivity contribution in [3.05, 3.63) is 11.6 Å². The van der Waals surface area contributed by atoms with Gasteiger partial charge in [0.15, 0.2) is 0 Å². The Balaban J connectivity index is 2.39. The average Bonchev–Trinajstić information content (AvgIpc) is 2.06. The van der Waals surface area contributed by atoms with Crippen molar-refractivity contribution in [2.75, 3.05) is 13.7 Å². The third-order valence-corrected chi connectivity index (χ3v) is 2.25. The summed E-state index contributed by atoms with van der Waals surface area (Å²) in [5.74, 6) is 0. The molecule has 1 saturated carbocycles. The highest BCUT2D eigenvalue weighted by Crippen LogP contribution is 2.24. The molecule has 0 spiro atoms. The summed E-state index contributed by atoms with van der Waals surface area (Å²) in [5, 5.41) is 0. The quantitative estimate of drug-likeness (QED) is 0.613. The molecule has 2 N–H and O–H groups in total. The van der Waals surface area contributed by atoms with Crippen LogP contribution in [0.15, 0.2) is 11.6 Å². The lowest BCUT2D eigenvalue weighted by Gasteiger charge is -2.22. The fourth-order valence-electron chi connectivity index (χ4n) is 1.61. The van der Waals surface area contributed by atoms with Gasteiger partial charge in [0.05, 0.1) is 6.10 Å². The Labute approximate surface area is 68.4 Å². The number of rotatable bonds is 2. The third-order valence-electron chi connectivity index (χ3n) is 2.25. The van der Waals surface area contributed by atoms with Gasteiger partial charge in [0.25, 0.3) is 0 Å². The summed E-state index contributed by atoms with van der Waals surface area (Å²) in [6, 6.07) is 0. The van der Waals surface area contributed by atoms with Gasteiger partial charge in [-0.1, -0.05) is 11.6 Å². The predicted molar refractivity (Wildman–Crippen MR) is 46.4 cm³/mol. The van der Waals surface area contributed by atoms with Gasteiger partial charge in [0.1, 0.15) is 0 Å². The topological polar surface area (TPSA) is 35.2 Å². The van der Waals surface area contributed by atoms with Crippen LogP contribution in [0, 0.1) is 0 Å². The number of methoxy groups -OCH3 is 1. The maximum atomic E-state index is 5.43. The van der Waals surface area contributed by atoms with Gasteiger partial charge in [-0.3, -0.25) is 0 Å². The first-order chi connectivity index (χ1) is 5.36. The van der Waals surface area contributed by atoms with Crippen LogP contribution in [0.1, 0.15) is 25.7 Å². The molecule has 0 aromatic rings. The molecular weight excluding hydrogens is 138 g/mol. The van der Waals surface area contributed by atoms with Crippen LogP contribution in [-0.4, -0.2) is 19.8 Å². The molecule has 1 atom stereocenters. The highest BCUT2D eigenvalue weighted by atomic mass is 16.5. The Morgan fingerprint density at radius 3 is 3.18 bits per heavy atom. The molecular formula is C9H17NO. The highest BCUT2D eigenvalue weighted by molar-refractivity contribution is 5.06. The van der Waals surface area contributed by atoms with Crippen molar-refractivity contribution in [3.8, 4) is 0 Å². The fraction of sp³-hybridized carbons (Fsp3) is 0.778. The summed E-state index contributed by atoms with van der Waals surface area (Å²) in [6.07, 6.45) is 7.35. The van der Waals surface area contributed by atoms with E-state index in [-0.39, 0.29) is 0 Å². The van der Waals surface area contributed by atoms with E-state index < -0.39 is 0 Å². The van der Waals surface area contributed by atoms with Gasteiger partial charge in [0.2, 0.25) is 0 Å². The van der Waals surface area contributed by atoms with Gasteiger partial charge in [0, 0.05) is 13.7 Å². The van der Waals surface area contributed by atoms with Crippen LogP contribution in [0.3, 0.4) is 0 Å². The van der Waals surface area contributed by atoms with Crippen LogP contribution in [0.25, 0.3) is 0 Å². The molecule has 64 valence electrons. The second-order valence-corrected chi connectivity index (χ2v) is 3.05. The molecule has 1 rings (SSSR count). The van der Waals surface area contributed by atoms with Gasteiger partial charge in [-0.05, 0) is 25.7 Å². The summed E-state index contributed by atoms with van der Waals surface area (Å²) in [6.45, 7) is 0.672. The minimum Gasteiger partial charge on any atom is -0.381 e. The average molecular weight is 155 g/mol. The largest absolute Gasteiger partial charge is 0.381 e. The first-order valence-corrected chi connectivity index (χ1v) is 4.27. The molecule has 0 aliphatic heterocycles. The summed E-state index contributed by atoms with van der Waals surface area (Å²) < 4.78 is 5.29. The van der Waals surface area contributed by atoms with Gasteiger partial charge in [-0.2, -0.15) is 0 Å². The van der Waals surface area contributed by atoms with E-state index in [1.165, 1.54) is 24.8 Å². The van der Waals surface area contributed by atoms with Crippen molar-refractivity contribution in [2.45, 2.75) is 31.8 Å². The summed E-state index contributed by atoms with van der Waals surface area (Å²) in [5.41, 5.74) is 6.91. The minimum atomic E-state index is 0.446. The van der Waals surface area contributed by atoms with Gasteiger partial charge < -0.3 is 10.5 Å². The molecule has 0 aromatic carbocycles. The second kappa shape index (κ2) is 4.52. The van der Waals surface area contributed by atoms with E-state index in [1.54, 1.807) is 7.11 Å². The number of nitrogens with two attached hydrogens (primary N) is 1. The summed E-state index contributed by atoms with van der Waals surface area (Å²) >= 11 is 0. The lowest BCUT2D eigenvalue weighted by molar-refractivity contribution is 0.0848. The number of ether oxygens (including phenoxy) is 1. The van der Waals surface area contributed by atoms with Crippen LogP contribution in [0.2, 0.25) is 0 Å². The normalized spacial score (nSPS) is 29.3. The van der Waals surface area contributed by atoms with Crippen LogP contribution in [-0.2, 0) is 4.74 Å². The maximum absolute atomic E-state index is 5.43. The van der Waals surface area contributed by atoms with Crippen molar-refractivity contribution in [2.24, 2.45) is 5.73 Å². The molecule has 0 saturated heterocycles.